The summed E-state index contributed by atoms with van der Waals surface area (Å²) in [6.07, 6.45) is 1.46. The number of aromatic carboxylic acids is 1. The van der Waals surface area contributed by atoms with E-state index in [4.69, 9.17) is 5.11 Å². The molecule has 0 heterocycles. The largest absolute Gasteiger partial charge is 0.478 e. The summed E-state index contributed by atoms with van der Waals surface area (Å²) >= 11 is 3.18. The van der Waals surface area contributed by atoms with Crippen LogP contribution in [0.3, 0.4) is 0 Å². The van der Waals surface area contributed by atoms with Gasteiger partial charge in [0.2, 0.25) is 10.0 Å². The Morgan fingerprint density at radius 3 is 2.58 bits per heavy atom. The summed E-state index contributed by atoms with van der Waals surface area (Å²) in [5, 5.41) is 8.99. The van der Waals surface area contributed by atoms with Gasteiger partial charge in [-0.15, -0.1) is 6.58 Å². The van der Waals surface area contributed by atoms with Gasteiger partial charge in [-0.05, 0) is 24.6 Å². The van der Waals surface area contributed by atoms with E-state index in [1.54, 1.807) is 6.92 Å². The standard InChI is InChI=1S/C12H14BrNO4S/c1-4-5-14(3)19(17,18)11-7-9(12(15)16)6-10(13)8(11)2/h4,6-7H,1,5H2,2-3H3,(H,15,16). The summed E-state index contributed by atoms with van der Waals surface area (Å²) in [4.78, 5) is 11.0. The molecule has 0 fully saturated rings. The number of nitrogens with zero attached hydrogens (tertiary/aromatic N) is 1. The maximum Gasteiger partial charge on any atom is 0.335 e. The maximum absolute atomic E-state index is 12.3. The second kappa shape index (κ2) is 5.85. The Labute approximate surface area is 120 Å². The van der Waals surface area contributed by atoms with E-state index in [2.05, 4.69) is 22.5 Å². The fourth-order valence-electron chi connectivity index (χ4n) is 1.49. The van der Waals surface area contributed by atoms with Crippen LogP contribution < -0.4 is 0 Å². The Morgan fingerprint density at radius 1 is 1.53 bits per heavy atom. The van der Waals surface area contributed by atoms with E-state index in [1.165, 1.54) is 19.2 Å². The van der Waals surface area contributed by atoms with Crippen molar-refractivity contribution in [2.75, 3.05) is 13.6 Å². The smallest absolute Gasteiger partial charge is 0.335 e. The van der Waals surface area contributed by atoms with E-state index < -0.39 is 16.0 Å². The summed E-state index contributed by atoms with van der Waals surface area (Å²) in [7, 11) is -2.33. The van der Waals surface area contributed by atoms with E-state index in [-0.39, 0.29) is 17.0 Å². The van der Waals surface area contributed by atoms with Crippen LogP contribution in [-0.4, -0.2) is 37.4 Å². The maximum atomic E-state index is 12.3. The molecule has 5 nitrogen and oxygen atoms in total. The van der Waals surface area contributed by atoms with Gasteiger partial charge in [-0.3, -0.25) is 0 Å². The zero-order chi connectivity index (χ0) is 14.8. The van der Waals surface area contributed by atoms with Gasteiger partial charge in [0.1, 0.15) is 0 Å². The molecule has 0 aliphatic carbocycles. The van der Waals surface area contributed by atoms with E-state index in [9.17, 15) is 13.2 Å². The van der Waals surface area contributed by atoms with Crippen molar-refractivity contribution in [3.8, 4) is 0 Å². The van der Waals surface area contributed by atoms with Crippen molar-refractivity contribution >= 4 is 31.9 Å². The molecule has 0 spiro atoms. The molecule has 0 aliphatic heterocycles. The van der Waals surface area contributed by atoms with Crippen molar-refractivity contribution in [3.63, 3.8) is 0 Å². The minimum absolute atomic E-state index is 0.0244. The summed E-state index contributed by atoms with van der Waals surface area (Å²) in [6.45, 7) is 5.25. The van der Waals surface area contributed by atoms with Gasteiger partial charge in [0.15, 0.2) is 0 Å². The van der Waals surface area contributed by atoms with Gasteiger partial charge in [-0.1, -0.05) is 22.0 Å². The highest BCUT2D eigenvalue weighted by Gasteiger charge is 2.24. The van der Waals surface area contributed by atoms with E-state index in [0.29, 0.717) is 10.0 Å². The lowest BCUT2D eigenvalue weighted by Gasteiger charge is -2.18. The van der Waals surface area contributed by atoms with Crippen LogP contribution in [0.25, 0.3) is 0 Å². The number of hydrogen-bond acceptors (Lipinski definition) is 3. The van der Waals surface area contributed by atoms with Crippen LogP contribution in [0.2, 0.25) is 0 Å². The van der Waals surface area contributed by atoms with Crippen molar-refractivity contribution < 1.29 is 18.3 Å². The lowest BCUT2D eigenvalue weighted by molar-refractivity contribution is 0.0696. The zero-order valence-corrected chi connectivity index (χ0v) is 13.0. The van der Waals surface area contributed by atoms with E-state index in [1.807, 2.05) is 0 Å². The molecule has 0 saturated heterocycles. The first-order valence-electron chi connectivity index (χ1n) is 5.32. The molecular weight excluding hydrogens is 334 g/mol. The molecule has 1 N–H and O–H groups in total. The third-order valence-corrected chi connectivity index (χ3v) is 5.39. The average Bonchev–Trinajstić information content (AvgIpc) is 2.32. The Kier molecular flexibility index (Phi) is 4.89. The minimum Gasteiger partial charge on any atom is -0.478 e. The van der Waals surface area contributed by atoms with Crippen molar-refractivity contribution in [2.45, 2.75) is 11.8 Å². The number of carboxylic acid groups (broad SMARTS) is 1. The Bertz CT molecular complexity index is 625. The summed E-state index contributed by atoms with van der Waals surface area (Å²) < 4.78 is 26.2. The van der Waals surface area contributed by atoms with Gasteiger partial charge in [-0.2, -0.15) is 4.31 Å². The van der Waals surface area contributed by atoms with Crippen LogP contribution in [0.15, 0.2) is 34.2 Å². The summed E-state index contributed by atoms with van der Waals surface area (Å²) in [5.74, 6) is -1.18. The zero-order valence-electron chi connectivity index (χ0n) is 10.6. The lowest BCUT2D eigenvalue weighted by atomic mass is 10.1. The summed E-state index contributed by atoms with van der Waals surface area (Å²) in [6, 6.07) is 2.54. The van der Waals surface area contributed by atoms with Crippen molar-refractivity contribution in [1.29, 1.82) is 0 Å². The SMILES string of the molecule is C=CCN(C)S(=O)(=O)c1cc(C(=O)O)cc(Br)c1C. The van der Waals surface area contributed by atoms with Crippen LogP contribution in [0.5, 0.6) is 0 Å². The predicted octanol–water partition coefficient (Wildman–Crippen LogP) is 2.26. The normalized spacial score (nSPS) is 11.6. The van der Waals surface area contributed by atoms with E-state index in [0.717, 1.165) is 10.4 Å². The number of benzene rings is 1. The Morgan fingerprint density at radius 2 is 2.11 bits per heavy atom. The molecule has 0 amide bonds. The fourth-order valence-corrected chi connectivity index (χ4v) is 3.49. The van der Waals surface area contributed by atoms with Crippen molar-refractivity contribution in [2.24, 2.45) is 0 Å². The molecule has 0 bridgehead atoms. The molecule has 1 rings (SSSR count). The molecule has 0 aliphatic rings. The molecule has 0 radical (unpaired) electrons. The van der Waals surface area contributed by atoms with Crippen LogP contribution in [0.1, 0.15) is 15.9 Å². The average molecular weight is 348 g/mol. The molecular formula is C12H14BrNO4S. The van der Waals surface area contributed by atoms with Gasteiger partial charge in [0.25, 0.3) is 0 Å². The third kappa shape index (κ3) is 3.23. The van der Waals surface area contributed by atoms with Gasteiger partial charge < -0.3 is 5.11 Å². The lowest BCUT2D eigenvalue weighted by Crippen LogP contribution is -2.28. The Balaban J connectivity index is 3.49. The second-order valence-electron chi connectivity index (χ2n) is 3.96. The number of sulfonamides is 1. The highest BCUT2D eigenvalue weighted by Crippen LogP contribution is 2.27. The molecule has 19 heavy (non-hydrogen) atoms. The third-order valence-electron chi connectivity index (χ3n) is 2.62. The summed E-state index contributed by atoms with van der Waals surface area (Å²) in [5.41, 5.74) is 0.393. The number of rotatable bonds is 5. The van der Waals surface area contributed by atoms with Gasteiger partial charge in [0.05, 0.1) is 10.5 Å². The number of carbonyl (C=O) groups is 1. The first-order valence-corrected chi connectivity index (χ1v) is 7.55. The molecule has 1 aromatic carbocycles. The molecule has 0 atom stereocenters. The van der Waals surface area contributed by atoms with Gasteiger partial charge in [-0.25, -0.2) is 13.2 Å². The molecule has 104 valence electrons. The molecule has 0 saturated carbocycles. The van der Waals surface area contributed by atoms with Crippen molar-refractivity contribution in [1.82, 2.24) is 4.31 Å². The molecule has 1 aromatic rings. The van der Waals surface area contributed by atoms with E-state index >= 15 is 0 Å². The monoisotopic (exact) mass is 347 g/mol. The quantitative estimate of drug-likeness (QED) is 0.829. The van der Waals surface area contributed by atoms with Crippen LogP contribution in [-0.2, 0) is 10.0 Å². The first-order chi connectivity index (χ1) is 8.71. The Hall–Kier alpha value is -1.18. The van der Waals surface area contributed by atoms with Crippen LogP contribution in [0.4, 0.5) is 0 Å². The highest BCUT2D eigenvalue weighted by atomic mass is 79.9. The topological polar surface area (TPSA) is 74.7 Å². The number of carboxylic acids is 1. The van der Waals surface area contributed by atoms with Crippen molar-refractivity contribution in [3.05, 3.63) is 40.4 Å². The first kappa shape index (κ1) is 15.9. The van der Waals surface area contributed by atoms with Gasteiger partial charge >= 0.3 is 5.97 Å². The highest BCUT2D eigenvalue weighted by molar-refractivity contribution is 9.10. The fraction of sp³-hybridized carbons (Fsp3) is 0.250. The molecule has 0 aromatic heterocycles. The van der Waals surface area contributed by atoms with Crippen LogP contribution in [0, 0.1) is 6.92 Å². The van der Waals surface area contributed by atoms with Gasteiger partial charge in [0, 0.05) is 18.1 Å². The number of likely N-dealkylation sites (N-methyl/N-ethyl adjacent to an activating group) is 1. The minimum atomic E-state index is -3.74. The number of halogens is 1. The number of hydrogen-bond donors (Lipinski definition) is 1. The molecule has 0 unspecified atom stereocenters. The predicted molar refractivity (Wildman–Crippen MR) is 75.9 cm³/mol. The molecule has 7 heteroatoms. The van der Waals surface area contributed by atoms with Crippen LogP contribution >= 0.6 is 15.9 Å². The second-order valence-corrected chi connectivity index (χ2v) is 6.83.